The number of aromatic nitrogens is 2. The van der Waals surface area contributed by atoms with Gasteiger partial charge in [-0.15, -0.1) is 11.3 Å². The number of anilines is 2. The summed E-state index contributed by atoms with van der Waals surface area (Å²) in [6, 6.07) is 21.2. The van der Waals surface area contributed by atoms with Gasteiger partial charge in [-0.25, -0.2) is 9.97 Å². The summed E-state index contributed by atoms with van der Waals surface area (Å²) in [6.45, 7) is 1.95. The number of nitriles is 1. The number of ether oxygens (including phenoxy) is 1. The lowest BCUT2D eigenvalue weighted by molar-refractivity contribution is 0.481. The summed E-state index contributed by atoms with van der Waals surface area (Å²) >= 11 is 2.99. The maximum atomic E-state index is 9.34. The second-order valence-electron chi connectivity index (χ2n) is 6.06. The molecule has 5 nitrogen and oxygen atoms in total. The van der Waals surface area contributed by atoms with E-state index in [0.717, 1.165) is 20.6 Å². The Morgan fingerprint density at radius 2 is 1.90 bits per heavy atom. The molecule has 4 rings (SSSR count). The minimum Gasteiger partial charge on any atom is -0.453 e. The van der Waals surface area contributed by atoms with Crippen molar-refractivity contribution in [2.24, 2.45) is 0 Å². The van der Waals surface area contributed by atoms with Crippen LogP contribution in [0.3, 0.4) is 0 Å². The summed E-state index contributed by atoms with van der Waals surface area (Å²) in [5.41, 5.74) is 1.58. The summed E-state index contributed by atoms with van der Waals surface area (Å²) < 4.78 is 6.10. The van der Waals surface area contributed by atoms with Crippen LogP contribution in [-0.2, 0) is 0 Å². The van der Waals surface area contributed by atoms with E-state index in [1.54, 1.807) is 12.3 Å². The van der Waals surface area contributed by atoms with Crippen LogP contribution in [0.2, 0.25) is 0 Å². The number of aryl methyl sites for hydroxylation is 1. The molecule has 2 heterocycles. The maximum Gasteiger partial charge on any atom is 0.188 e. The Bertz CT molecular complexity index is 1170. The van der Waals surface area contributed by atoms with E-state index in [0.29, 0.717) is 22.9 Å². The van der Waals surface area contributed by atoms with Crippen LogP contribution in [0.4, 0.5) is 10.9 Å². The molecule has 0 radical (unpaired) electrons. The van der Waals surface area contributed by atoms with Gasteiger partial charge in [0.05, 0.1) is 11.3 Å². The van der Waals surface area contributed by atoms with Crippen molar-refractivity contribution in [2.45, 2.75) is 16.7 Å². The van der Waals surface area contributed by atoms with Crippen molar-refractivity contribution in [3.8, 4) is 17.6 Å². The van der Waals surface area contributed by atoms with Crippen molar-refractivity contribution in [1.29, 1.82) is 5.26 Å². The number of rotatable bonds is 6. The molecular formula is C22H16N4OS2. The largest absolute Gasteiger partial charge is 0.453 e. The Kier molecular flexibility index (Phi) is 5.75. The van der Waals surface area contributed by atoms with Crippen LogP contribution in [0.1, 0.15) is 11.3 Å². The van der Waals surface area contributed by atoms with Gasteiger partial charge in [0.1, 0.15) is 11.8 Å². The molecule has 0 fully saturated rings. The smallest absolute Gasteiger partial charge is 0.188 e. The summed E-state index contributed by atoms with van der Waals surface area (Å²) in [7, 11) is 0. The van der Waals surface area contributed by atoms with Crippen LogP contribution in [0.5, 0.6) is 11.5 Å². The molecule has 0 aliphatic heterocycles. The van der Waals surface area contributed by atoms with E-state index >= 15 is 0 Å². The predicted octanol–water partition coefficient (Wildman–Crippen LogP) is 6.41. The summed E-state index contributed by atoms with van der Waals surface area (Å²) in [6.07, 6.45) is 1.76. The first kappa shape index (κ1) is 19.0. The molecule has 0 aliphatic rings. The SMILES string of the molecule is Cc1csc(Nc2ncc(Sc3ccccc3C#N)cc2Oc2ccccc2)n1. The van der Waals surface area contributed by atoms with Crippen molar-refractivity contribution in [3.05, 3.63) is 83.5 Å². The minimum atomic E-state index is 0.584. The Morgan fingerprint density at radius 3 is 2.66 bits per heavy atom. The molecule has 2 aromatic heterocycles. The normalized spacial score (nSPS) is 10.3. The molecular weight excluding hydrogens is 400 g/mol. The van der Waals surface area contributed by atoms with Gasteiger partial charge in [0.15, 0.2) is 16.7 Å². The lowest BCUT2D eigenvalue weighted by Gasteiger charge is -2.13. The third-order valence-electron chi connectivity index (χ3n) is 3.88. The van der Waals surface area contributed by atoms with Crippen LogP contribution in [0, 0.1) is 18.3 Å². The van der Waals surface area contributed by atoms with E-state index in [4.69, 9.17) is 4.74 Å². The van der Waals surface area contributed by atoms with Gasteiger partial charge >= 0.3 is 0 Å². The molecule has 0 saturated heterocycles. The standard InChI is InChI=1S/C22H16N4OS2/c1-15-14-28-22(25-15)26-21-19(27-17-8-3-2-4-9-17)11-18(13-24-21)29-20-10-6-5-7-16(20)12-23/h2-11,13-14H,1H3,(H,24,25,26). The first-order valence-corrected chi connectivity index (χ1v) is 10.5. The zero-order valence-electron chi connectivity index (χ0n) is 15.5. The molecule has 7 heteroatoms. The fourth-order valence-electron chi connectivity index (χ4n) is 2.56. The average molecular weight is 417 g/mol. The van der Waals surface area contributed by atoms with Crippen LogP contribution in [-0.4, -0.2) is 9.97 Å². The van der Waals surface area contributed by atoms with Gasteiger partial charge in [-0.1, -0.05) is 42.1 Å². The van der Waals surface area contributed by atoms with Crippen LogP contribution >= 0.6 is 23.1 Å². The van der Waals surface area contributed by atoms with Crippen molar-refractivity contribution in [1.82, 2.24) is 9.97 Å². The Morgan fingerprint density at radius 1 is 1.10 bits per heavy atom. The van der Waals surface area contributed by atoms with Crippen LogP contribution in [0.25, 0.3) is 0 Å². The minimum absolute atomic E-state index is 0.584. The van der Waals surface area contributed by atoms with Crippen LogP contribution < -0.4 is 10.1 Å². The van der Waals surface area contributed by atoms with E-state index in [2.05, 4.69) is 21.4 Å². The van der Waals surface area contributed by atoms with Crippen molar-refractivity contribution in [2.75, 3.05) is 5.32 Å². The molecule has 0 saturated carbocycles. The van der Waals surface area contributed by atoms with Crippen molar-refractivity contribution in [3.63, 3.8) is 0 Å². The highest BCUT2D eigenvalue weighted by molar-refractivity contribution is 7.99. The molecule has 0 atom stereocenters. The zero-order valence-corrected chi connectivity index (χ0v) is 17.1. The fraction of sp³-hybridized carbons (Fsp3) is 0.0455. The first-order chi connectivity index (χ1) is 14.2. The topological polar surface area (TPSA) is 70.8 Å². The quantitative estimate of drug-likeness (QED) is 0.392. The molecule has 1 N–H and O–H groups in total. The molecule has 142 valence electrons. The van der Waals surface area contributed by atoms with Crippen molar-refractivity contribution < 1.29 is 4.74 Å². The zero-order chi connectivity index (χ0) is 20.1. The summed E-state index contributed by atoms with van der Waals surface area (Å²) in [5.74, 6) is 1.89. The number of hydrogen-bond donors (Lipinski definition) is 1. The van der Waals surface area contributed by atoms with Gasteiger partial charge in [0.2, 0.25) is 0 Å². The lowest BCUT2D eigenvalue weighted by atomic mass is 10.2. The lowest BCUT2D eigenvalue weighted by Crippen LogP contribution is -1.97. The number of benzene rings is 2. The number of hydrogen-bond acceptors (Lipinski definition) is 7. The van der Waals surface area contributed by atoms with E-state index < -0.39 is 0 Å². The highest BCUT2D eigenvalue weighted by Crippen LogP contribution is 2.37. The molecule has 4 aromatic rings. The monoisotopic (exact) mass is 416 g/mol. The number of pyridine rings is 1. The van der Waals surface area contributed by atoms with E-state index in [1.807, 2.05) is 66.9 Å². The molecule has 0 aliphatic carbocycles. The highest BCUT2D eigenvalue weighted by Gasteiger charge is 2.12. The number of nitrogens with one attached hydrogen (secondary N) is 1. The first-order valence-electron chi connectivity index (χ1n) is 8.80. The van der Waals surface area contributed by atoms with E-state index in [9.17, 15) is 5.26 Å². The number of para-hydroxylation sites is 1. The third-order valence-corrected chi connectivity index (χ3v) is 5.79. The summed E-state index contributed by atoms with van der Waals surface area (Å²) in [5, 5.41) is 15.3. The van der Waals surface area contributed by atoms with Gasteiger partial charge in [0.25, 0.3) is 0 Å². The molecule has 0 amide bonds. The Hall–Kier alpha value is -3.34. The second-order valence-corrected chi connectivity index (χ2v) is 8.04. The molecule has 0 bridgehead atoms. The van der Waals surface area contributed by atoms with Gasteiger partial charge in [0, 0.05) is 27.4 Å². The molecule has 2 aromatic carbocycles. The van der Waals surface area contributed by atoms with E-state index in [-0.39, 0.29) is 0 Å². The average Bonchev–Trinajstić information content (AvgIpc) is 3.16. The molecule has 29 heavy (non-hydrogen) atoms. The number of nitrogens with zero attached hydrogens (tertiary/aromatic N) is 3. The van der Waals surface area contributed by atoms with E-state index in [1.165, 1.54) is 23.1 Å². The Balaban J connectivity index is 1.67. The summed E-state index contributed by atoms with van der Waals surface area (Å²) in [4.78, 5) is 10.7. The fourth-order valence-corrected chi connectivity index (χ4v) is 4.14. The number of thiazole rings is 1. The molecule has 0 unspecified atom stereocenters. The van der Waals surface area contributed by atoms with Gasteiger partial charge in [-0.3, -0.25) is 0 Å². The highest BCUT2D eigenvalue weighted by atomic mass is 32.2. The van der Waals surface area contributed by atoms with Gasteiger partial charge in [-0.05, 0) is 31.2 Å². The molecule has 0 spiro atoms. The maximum absolute atomic E-state index is 9.34. The van der Waals surface area contributed by atoms with Gasteiger partial charge < -0.3 is 10.1 Å². The second kappa shape index (κ2) is 8.78. The van der Waals surface area contributed by atoms with Gasteiger partial charge in [-0.2, -0.15) is 5.26 Å². The third kappa shape index (κ3) is 4.74. The van der Waals surface area contributed by atoms with Crippen LogP contribution in [0.15, 0.2) is 82.0 Å². The Labute approximate surface area is 177 Å². The van der Waals surface area contributed by atoms with Crippen molar-refractivity contribution >= 4 is 34.0 Å². The predicted molar refractivity (Wildman–Crippen MR) is 116 cm³/mol.